The molecule has 122 valence electrons. The molecule has 2 rings (SSSR count). The first-order valence-electron chi connectivity index (χ1n) is 6.89. The molecular weight excluding hydrogens is 312 g/mol. The number of hydrogen-bond acceptors (Lipinski definition) is 5. The first kappa shape index (κ1) is 16.9. The van der Waals surface area contributed by atoms with Gasteiger partial charge in [-0.2, -0.15) is 0 Å². The normalized spacial score (nSPS) is 10.0. The van der Waals surface area contributed by atoms with E-state index in [0.29, 0.717) is 5.56 Å². The van der Waals surface area contributed by atoms with Crippen molar-refractivity contribution in [2.45, 2.75) is 0 Å². The van der Waals surface area contributed by atoms with Gasteiger partial charge in [-0.25, -0.2) is 4.79 Å². The van der Waals surface area contributed by atoms with Crippen LogP contribution < -0.4 is 11.5 Å². The van der Waals surface area contributed by atoms with Crippen molar-refractivity contribution < 1.29 is 23.9 Å². The van der Waals surface area contributed by atoms with Gasteiger partial charge in [0.1, 0.15) is 0 Å². The van der Waals surface area contributed by atoms with E-state index in [0.717, 1.165) is 6.07 Å². The lowest BCUT2D eigenvalue weighted by Crippen LogP contribution is -2.22. The van der Waals surface area contributed by atoms with Gasteiger partial charge in [0.2, 0.25) is 11.8 Å². The summed E-state index contributed by atoms with van der Waals surface area (Å²) < 4.78 is 4.92. The highest BCUT2D eigenvalue weighted by atomic mass is 16.5. The van der Waals surface area contributed by atoms with E-state index in [4.69, 9.17) is 16.2 Å². The number of amides is 2. The lowest BCUT2D eigenvalue weighted by molar-refractivity contribution is 0.0474. The zero-order valence-corrected chi connectivity index (χ0v) is 12.5. The van der Waals surface area contributed by atoms with Gasteiger partial charge in [-0.1, -0.05) is 30.3 Å². The molecule has 2 aromatic carbocycles. The summed E-state index contributed by atoms with van der Waals surface area (Å²) in [6.07, 6.45) is 0. The number of primary amides is 2. The number of esters is 1. The van der Waals surface area contributed by atoms with E-state index in [-0.39, 0.29) is 22.5 Å². The van der Waals surface area contributed by atoms with Crippen molar-refractivity contribution in [3.8, 4) is 0 Å². The molecule has 7 heteroatoms. The molecule has 0 bridgehead atoms. The first-order valence-corrected chi connectivity index (χ1v) is 6.89. The lowest BCUT2D eigenvalue weighted by Gasteiger charge is -2.07. The predicted octanol–water partition coefficient (Wildman–Crippen LogP) is 0.924. The number of nitrogens with two attached hydrogens (primary N) is 2. The van der Waals surface area contributed by atoms with E-state index in [9.17, 15) is 19.2 Å². The van der Waals surface area contributed by atoms with Gasteiger partial charge in [0.05, 0.1) is 16.7 Å². The first-order chi connectivity index (χ1) is 11.4. The van der Waals surface area contributed by atoms with E-state index in [2.05, 4.69) is 0 Å². The molecule has 0 saturated carbocycles. The maximum atomic E-state index is 12.0. The van der Waals surface area contributed by atoms with E-state index < -0.39 is 24.4 Å². The largest absolute Gasteiger partial charge is 0.454 e. The van der Waals surface area contributed by atoms with Crippen LogP contribution in [0.4, 0.5) is 0 Å². The third-order valence-electron chi connectivity index (χ3n) is 3.22. The van der Waals surface area contributed by atoms with E-state index in [1.54, 1.807) is 30.3 Å². The Bertz CT molecular complexity index is 815. The average molecular weight is 326 g/mol. The summed E-state index contributed by atoms with van der Waals surface area (Å²) in [5.41, 5.74) is 10.4. The Labute approximate surface area is 137 Å². The zero-order chi connectivity index (χ0) is 17.7. The second-order valence-electron chi connectivity index (χ2n) is 4.85. The van der Waals surface area contributed by atoms with Crippen LogP contribution in [0.3, 0.4) is 0 Å². The summed E-state index contributed by atoms with van der Waals surface area (Å²) in [6, 6.07) is 11.9. The Morgan fingerprint density at radius 2 is 1.42 bits per heavy atom. The minimum absolute atomic E-state index is 0.0188. The molecule has 0 aromatic heterocycles. The highest BCUT2D eigenvalue weighted by Gasteiger charge is 2.18. The van der Waals surface area contributed by atoms with E-state index >= 15 is 0 Å². The molecule has 0 saturated heterocycles. The Hall–Kier alpha value is -3.48. The van der Waals surface area contributed by atoms with Crippen molar-refractivity contribution in [3.05, 3.63) is 70.8 Å². The number of hydrogen-bond donors (Lipinski definition) is 2. The average Bonchev–Trinajstić information content (AvgIpc) is 2.59. The molecule has 2 aromatic rings. The topological polar surface area (TPSA) is 130 Å². The van der Waals surface area contributed by atoms with Crippen LogP contribution in [0.25, 0.3) is 0 Å². The van der Waals surface area contributed by atoms with Gasteiger partial charge in [-0.3, -0.25) is 14.4 Å². The fourth-order valence-electron chi connectivity index (χ4n) is 2.01. The Morgan fingerprint density at radius 1 is 0.792 bits per heavy atom. The molecule has 0 spiro atoms. The quantitative estimate of drug-likeness (QED) is 0.602. The molecule has 0 unspecified atom stereocenters. The zero-order valence-electron chi connectivity index (χ0n) is 12.5. The molecule has 7 nitrogen and oxygen atoms in total. The Morgan fingerprint density at radius 3 is 2.00 bits per heavy atom. The number of benzene rings is 2. The third kappa shape index (κ3) is 3.83. The Balaban J connectivity index is 2.13. The minimum Gasteiger partial charge on any atom is -0.454 e. The van der Waals surface area contributed by atoms with Crippen LogP contribution in [-0.4, -0.2) is 30.2 Å². The SMILES string of the molecule is NC(=O)c1ccc(C(=O)OCC(=O)c2ccccc2)cc1C(N)=O. The number of Topliss-reactive ketones (excluding diaryl/α,β-unsaturated/α-hetero) is 1. The monoisotopic (exact) mass is 326 g/mol. The molecule has 0 fully saturated rings. The van der Waals surface area contributed by atoms with Crippen molar-refractivity contribution in [2.24, 2.45) is 11.5 Å². The third-order valence-corrected chi connectivity index (χ3v) is 3.22. The van der Waals surface area contributed by atoms with Crippen molar-refractivity contribution in [3.63, 3.8) is 0 Å². The smallest absolute Gasteiger partial charge is 0.338 e. The summed E-state index contributed by atoms with van der Waals surface area (Å²) >= 11 is 0. The van der Waals surface area contributed by atoms with Crippen LogP contribution in [0, 0.1) is 0 Å². The highest BCUT2D eigenvalue weighted by Crippen LogP contribution is 2.13. The van der Waals surface area contributed by atoms with Crippen molar-refractivity contribution >= 4 is 23.6 Å². The van der Waals surface area contributed by atoms with Gasteiger partial charge < -0.3 is 16.2 Å². The maximum Gasteiger partial charge on any atom is 0.338 e. The van der Waals surface area contributed by atoms with Crippen LogP contribution >= 0.6 is 0 Å². The van der Waals surface area contributed by atoms with Crippen LogP contribution in [-0.2, 0) is 4.74 Å². The van der Waals surface area contributed by atoms with Gasteiger partial charge in [-0.05, 0) is 18.2 Å². The molecule has 0 aliphatic heterocycles. The molecule has 2 amide bonds. The second-order valence-corrected chi connectivity index (χ2v) is 4.85. The van der Waals surface area contributed by atoms with Gasteiger partial charge >= 0.3 is 5.97 Å². The summed E-state index contributed by atoms with van der Waals surface area (Å²) in [7, 11) is 0. The number of carbonyl (C=O) groups excluding carboxylic acids is 4. The van der Waals surface area contributed by atoms with Gasteiger partial charge in [0.25, 0.3) is 0 Å². The molecule has 0 aliphatic rings. The second kappa shape index (κ2) is 7.19. The van der Waals surface area contributed by atoms with Crippen LogP contribution in [0.1, 0.15) is 41.4 Å². The van der Waals surface area contributed by atoms with Gasteiger partial charge in [0.15, 0.2) is 12.4 Å². The summed E-state index contributed by atoms with van der Waals surface area (Å²) in [5.74, 6) is -2.94. The fraction of sp³-hybridized carbons (Fsp3) is 0.0588. The molecular formula is C17H14N2O5. The summed E-state index contributed by atoms with van der Waals surface area (Å²) in [5, 5.41) is 0. The maximum absolute atomic E-state index is 12.0. The number of ketones is 1. The van der Waals surface area contributed by atoms with Crippen LogP contribution in [0.15, 0.2) is 48.5 Å². The molecule has 0 aliphatic carbocycles. The van der Waals surface area contributed by atoms with Crippen molar-refractivity contribution in [2.75, 3.05) is 6.61 Å². The number of rotatable bonds is 6. The number of carbonyl (C=O) groups is 4. The van der Waals surface area contributed by atoms with Crippen molar-refractivity contribution in [1.82, 2.24) is 0 Å². The Kier molecular flexibility index (Phi) is 5.06. The predicted molar refractivity (Wildman–Crippen MR) is 84.5 cm³/mol. The van der Waals surface area contributed by atoms with E-state index in [1.807, 2.05) is 0 Å². The van der Waals surface area contributed by atoms with Crippen molar-refractivity contribution in [1.29, 1.82) is 0 Å². The molecule has 4 N–H and O–H groups in total. The van der Waals surface area contributed by atoms with Crippen LogP contribution in [0.2, 0.25) is 0 Å². The molecule has 0 atom stereocenters. The summed E-state index contributed by atoms with van der Waals surface area (Å²) in [6.45, 7) is -0.452. The number of ether oxygens (including phenoxy) is 1. The van der Waals surface area contributed by atoms with E-state index in [1.165, 1.54) is 12.1 Å². The minimum atomic E-state index is -0.904. The lowest BCUT2D eigenvalue weighted by atomic mass is 10.0. The van der Waals surface area contributed by atoms with Gasteiger partial charge in [0, 0.05) is 5.56 Å². The molecule has 0 radical (unpaired) electrons. The fourth-order valence-corrected chi connectivity index (χ4v) is 2.01. The standard InChI is InChI=1S/C17H14N2O5/c18-15(21)12-7-6-11(8-13(12)16(19)22)17(23)24-9-14(20)10-4-2-1-3-5-10/h1-8H,9H2,(H2,18,21)(H2,19,22). The van der Waals surface area contributed by atoms with Gasteiger partial charge in [-0.15, -0.1) is 0 Å². The molecule has 0 heterocycles. The van der Waals surface area contributed by atoms with Crippen LogP contribution in [0.5, 0.6) is 0 Å². The summed E-state index contributed by atoms with van der Waals surface area (Å²) in [4.78, 5) is 46.5. The highest BCUT2D eigenvalue weighted by molar-refractivity contribution is 6.08. The molecule has 24 heavy (non-hydrogen) atoms.